The van der Waals surface area contributed by atoms with E-state index in [2.05, 4.69) is 22.8 Å². The molecule has 0 atom stereocenters. The molecule has 1 amide bonds. The molecule has 21 heavy (non-hydrogen) atoms. The van der Waals surface area contributed by atoms with Crippen molar-refractivity contribution in [2.75, 3.05) is 11.9 Å². The molecule has 2 N–H and O–H groups in total. The largest absolute Gasteiger partial charge is 0.326 e. The molecule has 0 aromatic heterocycles. The predicted octanol–water partition coefficient (Wildman–Crippen LogP) is 3.77. The number of rotatable bonds is 6. The third kappa shape index (κ3) is 5.21. The molecule has 3 nitrogen and oxygen atoms in total. The molecule has 2 rings (SSSR count). The maximum absolute atomic E-state index is 11.8. The predicted molar refractivity (Wildman–Crippen MR) is 87.6 cm³/mol. The molecule has 0 spiro atoms. The smallest absolute Gasteiger partial charge is 0.225 e. The van der Waals surface area contributed by atoms with Crippen molar-refractivity contribution >= 4 is 23.2 Å². The molecule has 0 heterocycles. The molecular weight excluding hydrogens is 284 g/mol. The summed E-state index contributed by atoms with van der Waals surface area (Å²) in [6.07, 6.45) is 0.429. The van der Waals surface area contributed by atoms with Crippen molar-refractivity contribution in [3.8, 4) is 0 Å². The van der Waals surface area contributed by atoms with E-state index in [1.54, 1.807) is 6.07 Å². The molecule has 0 saturated carbocycles. The highest BCUT2D eigenvalue weighted by Gasteiger charge is 2.03. The number of halogens is 1. The van der Waals surface area contributed by atoms with E-state index in [1.165, 1.54) is 5.56 Å². The Morgan fingerprint density at radius 2 is 1.90 bits per heavy atom. The summed E-state index contributed by atoms with van der Waals surface area (Å²) in [6.45, 7) is 3.34. The Labute approximate surface area is 130 Å². The second-order valence-electron chi connectivity index (χ2n) is 4.92. The van der Waals surface area contributed by atoms with Gasteiger partial charge in [0.15, 0.2) is 0 Å². The van der Waals surface area contributed by atoms with Crippen molar-refractivity contribution < 1.29 is 4.79 Å². The van der Waals surface area contributed by atoms with Crippen LogP contribution in [-0.4, -0.2) is 12.5 Å². The highest BCUT2D eigenvalue weighted by molar-refractivity contribution is 6.31. The van der Waals surface area contributed by atoms with Crippen LogP contribution in [-0.2, 0) is 11.3 Å². The summed E-state index contributed by atoms with van der Waals surface area (Å²) in [7, 11) is 0. The van der Waals surface area contributed by atoms with Crippen molar-refractivity contribution in [2.45, 2.75) is 19.9 Å². The molecule has 110 valence electrons. The number of hydrogen-bond donors (Lipinski definition) is 2. The van der Waals surface area contributed by atoms with E-state index < -0.39 is 0 Å². The van der Waals surface area contributed by atoms with Gasteiger partial charge in [0.1, 0.15) is 0 Å². The lowest BCUT2D eigenvalue weighted by atomic mass is 10.2. The summed E-state index contributed by atoms with van der Waals surface area (Å²) in [5.41, 5.74) is 2.95. The Kier molecular flexibility index (Phi) is 5.78. The molecule has 0 aliphatic carbocycles. The fraction of sp³-hybridized carbons (Fsp3) is 0.235. The van der Waals surface area contributed by atoms with E-state index in [9.17, 15) is 4.79 Å². The minimum Gasteiger partial charge on any atom is -0.326 e. The van der Waals surface area contributed by atoms with Gasteiger partial charge in [0.25, 0.3) is 0 Å². The molecule has 4 heteroatoms. The van der Waals surface area contributed by atoms with Crippen LogP contribution in [0.25, 0.3) is 0 Å². The van der Waals surface area contributed by atoms with Crippen LogP contribution in [0, 0.1) is 6.92 Å². The molecule has 0 fully saturated rings. The van der Waals surface area contributed by atoms with Gasteiger partial charge in [-0.25, -0.2) is 0 Å². The summed E-state index contributed by atoms with van der Waals surface area (Å²) in [6, 6.07) is 15.6. The van der Waals surface area contributed by atoms with Crippen LogP contribution < -0.4 is 10.6 Å². The molecule has 0 bridgehead atoms. The number of aryl methyl sites for hydroxylation is 1. The summed E-state index contributed by atoms with van der Waals surface area (Å²) >= 11 is 6.03. The van der Waals surface area contributed by atoms with Crippen molar-refractivity contribution in [2.24, 2.45) is 0 Å². The van der Waals surface area contributed by atoms with Crippen LogP contribution in [0.1, 0.15) is 17.5 Å². The highest BCUT2D eigenvalue weighted by atomic mass is 35.5. The molecule has 2 aromatic rings. The molecular formula is C17H19ClN2O. The average molecular weight is 303 g/mol. The van der Waals surface area contributed by atoms with Crippen molar-refractivity contribution in [3.05, 3.63) is 64.7 Å². The number of nitrogens with one attached hydrogen (secondary N) is 2. The van der Waals surface area contributed by atoms with Gasteiger partial charge < -0.3 is 10.6 Å². The van der Waals surface area contributed by atoms with E-state index in [0.717, 1.165) is 17.8 Å². The van der Waals surface area contributed by atoms with Crippen molar-refractivity contribution in [1.82, 2.24) is 5.32 Å². The fourth-order valence-electron chi connectivity index (χ4n) is 1.92. The summed E-state index contributed by atoms with van der Waals surface area (Å²) in [4.78, 5) is 11.8. The Bertz CT molecular complexity index is 599. The first-order chi connectivity index (χ1) is 10.1. The Balaban J connectivity index is 1.71. The second kappa shape index (κ2) is 7.81. The Morgan fingerprint density at radius 1 is 1.14 bits per heavy atom. The zero-order valence-corrected chi connectivity index (χ0v) is 12.8. The van der Waals surface area contributed by atoms with E-state index in [-0.39, 0.29) is 5.91 Å². The SMILES string of the molecule is Cc1ccc(NC(=O)CCNCc2ccccc2)cc1Cl. The summed E-state index contributed by atoms with van der Waals surface area (Å²) in [5.74, 6) is -0.0181. The first-order valence-corrected chi connectivity index (χ1v) is 7.33. The second-order valence-corrected chi connectivity index (χ2v) is 5.33. The molecule has 0 aliphatic heterocycles. The summed E-state index contributed by atoms with van der Waals surface area (Å²) in [5, 5.41) is 6.76. The number of benzene rings is 2. The third-order valence-electron chi connectivity index (χ3n) is 3.16. The van der Waals surface area contributed by atoms with Gasteiger partial charge in [-0.05, 0) is 30.2 Å². The van der Waals surface area contributed by atoms with Crippen LogP contribution in [0.4, 0.5) is 5.69 Å². The molecule has 2 aromatic carbocycles. The quantitative estimate of drug-likeness (QED) is 0.798. The normalized spacial score (nSPS) is 10.4. The standard InChI is InChI=1S/C17H19ClN2O/c1-13-7-8-15(11-16(13)18)20-17(21)9-10-19-12-14-5-3-2-4-6-14/h2-8,11,19H,9-10,12H2,1H3,(H,20,21). The van der Waals surface area contributed by atoms with Gasteiger partial charge in [-0.15, -0.1) is 0 Å². The minimum absolute atomic E-state index is 0.0181. The van der Waals surface area contributed by atoms with E-state index in [1.807, 2.05) is 37.3 Å². The van der Waals surface area contributed by atoms with E-state index >= 15 is 0 Å². The maximum Gasteiger partial charge on any atom is 0.225 e. The van der Waals surface area contributed by atoms with E-state index in [0.29, 0.717) is 18.0 Å². The van der Waals surface area contributed by atoms with Crippen molar-refractivity contribution in [3.63, 3.8) is 0 Å². The first-order valence-electron chi connectivity index (χ1n) is 6.96. The van der Waals surface area contributed by atoms with Gasteiger partial charge in [-0.3, -0.25) is 4.79 Å². The van der Waals surface area contributed by atoms with Crippen LogP contribution in [0.2, 0.25) is 5.02 Å². The molecule has 0 unspecified atom stereocenters. The molecule has 0 saturated heterocycles. The zero-order chi connectivity index (χ0) is 15.1. The van der Waals surface area contributed by atoms with Gasteiger partial charge in [0, 0.05) is 30.2 Å². The monoisotopic (exact) mass is 302 g/mol. The van der Waals surface area contributed by atoms with Gasteiger partial charge in [-0.2, -0.15) is 0 Å². The van der Waals surface area contributed by atoms with Gasteiger partial charge >= 0.3 is 0 Å². The van der Waals surface area contributed by atoms with Crippen molar-refractivity contribution in [1.29, 1.82) is 0 Å². The number of amides is 1. The Morgan fingerprint density at radius 3 is 2.62 bits per heavy atom. The van der Waals surface area contributed by atoms with Gasteiger partial charge in [0.05, 0.1) is 0 Å². The summed E-state index contributed by atoms with van der Waals surface area (Å²) < 4.78 is 0. The van der Waals surface area contributed by atoms with Gasteiger partial charge in [-0.1, -0.05) is 48.0 Å². The molecule has 0 aliphatic rings. The topological polar surface area (TPSA) is 41.1 Å². The number of hydrogen-bond acceptors (Lipinski definition) is 2. The average Bonchev–Trinajstić information content (AvgIpc) is 2.49. The Hall–Kier alpha value is -1.84. The zero-order valence-electron chi connectivity index (χ0n) is 12.0. The van der Waals surface area contributed by atoms with Crippen LogP contribution in [0.5, 0.6) is 0 Å². The third-order valence-corrected chi connectivity index (χ3v) is 3.56. The minimum atomic E-state index is -0.0181. The lowest BCUT2D eigenvalue weighted by Crippen LogP contribution is -2.21. The van der Waals surface area contributed by atoms with Crippen LogP contribution >= 0.6 is 11.6 Å². The maximum atomic E-state index is 11.8. The van der Waals surface area contributed by atoms with Crippen LogP contribution in [0.3, 0.4) is 0 Å². The fourth-order valence-corrected chi connectivity index (χ4v) is 2.11. The lowest BCUT2D eigenvalue weighted by Gasteiger charge is -2.08. The number of anilines is 1. The lowest BCUT2D eigenvalue weighted by molar-refractivity contribution is -0.116. The first kappa shape index (κ1) is 15.5. The number of carbonyl (C=O) groups excluding carboxylic acids is 1. The number of carbonyl (C=O) groups is 1. The highest BCUT2D eigenvalue weighted by Crippen LogP contribution is 2.19. The van der Waals surface area contributed by atoms with Gasteiger partial charge in [0.2, 0.25) is 5.91 Å². The molecule has 0 radical (unpaired) electrons. The van der Waals surface area contributed by atoms with Crippen LogP contribution in [0.15, 0.2) is 48.5 Å². The van der Waals surface area contributed by atoms with E-state index in [4.69, 9.17) is 11.6 Å².